The highest BCUT2D eigenvalue weighted by Crippen LogP contribution is 2.42. The molecule has 0 heteroatoms. The molecule has 0 heterocycles. The molecule has 1 unspecified atom stereocenters. The Morgan fingerprint density at radius 1 is 0.815 bits per heavy atom. The molecule has 0 saturated heterocycles. The maximum Gasteiger partial charge on any atom is -0.0162 e. The maximum atomic E-state index is 2.58. The Kier molecular flexibility index (Phi) is 8.28. The van der Waals surface area contributed by atoms with Crippen molar-refractivity contribution in [3.05, 3.63) is 35.4 Å². The summed E-state index contributed by atoms with van der Waals surface area (Å²) in [6, 6.07) is 9.51. The molecule has 27 heavy (non-hydrogen) atoms. The Labute approximate surface area is 169 Å². The zero-order valence-electron chi connectivity index (χ0n) is 18.4. The van der Waals surface area contributed by atoms with Gasteiger partial charge in [0.2, 0.25) is 0 Å². The molecule has 0 bridgehead atoms. The molecule has 0 radical (unpaired) electrons. The third-order valence-corrected chi connectivity index (χ3v) is 8.07. The molecule has 0 aromatic heterocycles. The number of benzene rings is 1. The van der Waals surface area contributed by atoms with Crippen molar-refractivity contribution in [3.8, 4) is 0 Å². The summed E-state index contributed by atoms with van der Waals surface area (Å²) in [5.41, 5.74) is 3.08. The average molecular weight is 369 g/mol. The van der Waals surface area contributed by atoms with E-state index in [1.54, 1.807) is 5.56 Å². The molecular formula is C27H44. The van der Waals surface area contributed by atoms with Crippen LogP contribution in [-0.4, -0.2) is 0 Å². The first-order valence-corrected chi connectivity index (χ1v) is 12.3. The maximum absolute atomic E-state index is 2.58. The van der Waals surface area contributed by atoms with Crippen LogP contribution in [0, 0.1) is 23.7 Å². The molecule has 0 amide bonds. The molecule has 2 saturated carbocycles. The lowest BCUT2D eigenvalue weighted by Gasteiger charge is -2.36. The number of hydrogen-bond acceptors (Lipinski definition) is 0. The van der Waals surface area contributed by atoms with E-state index in [-0.39, 0.29) is 0 Å². The van der Waals surface area contributed by atoms with Crippen LogP contribution in [0.15, 0.2) is 24.3 Å². The first-order chi connectivity index (χ1) is 13.2. The Bertz CT molecular complexity index is 511. The van der Waals surface area contributed by atoms with Crippen molar-refractivity contribution >= 4 is 0 Å². The molecular weight excluding hydrogens is 324 g/mol. The van der Waals surface area contributed by atoms with Gasteiger partial charge in [-0.3, -0.25) is 0 Å². The second-order valence-corrected chi connectivity index (χ2v) is 9.95. The molecule has 2 aliphatic carbocycles. The molecule has 0 spiro atoms. The fraction of sp³-hybridized carbons (Fsp3) is 0.778. The summed E-state index contributed by atoms with van der Waals surface area (Å²) in [5, 5.41) is 0. The van der Waals surface area contributed by atoms with E-state index in [2.05, 4.69) is 45.0 Å². The highest BCUT2D eigenvalue weighted by atomic mass is 14.3. The Morgan fingerprint density at radius 3 is 2.04 bits per heavy atom. The summed E-state index contributed by atoms with van der Waals surface area (Å²) < 4.78 is 0. The summed E-state index contributed by atoms with van der Waals surface area (Å²) in [4.78, 5) is 0. The quantitative estimate of drug-likeness (QED) is 0.431. The second-order valence-electron chi connectivity index (χ2n) is 9.95. The van der Waals surface area contributed by atoms with Crippen molar-refractivity contribution in [2.24, 2.45) is 23.7 Å². The van der Waals surface area contributed by atoms with Crippen LogP contribution < -0.4 is 0 Å². The van der Waals surface area contributed by atoms with E-state index in [0.717, 1.165) is 36.0 Å². The van der Waals surface area contributed by atoms with Crippen molar-refractivity contribution in [1.82, 2.24) is 0 Å². The second kappa shape index (κ2) is 10.7. The summed E-state index contributed by atoms with van der Waals surface area (Å²) in [5.74, 6) is 4.88. The first-order valence-electron chi connectivity index (χ1n) is 12.3. The van der Waals surface area contributed by atoms with Gasteiger partial charge in [0.1, 0.15) is 0 Å². The largest absolute Gasteiger partial charge is 0.0654 e. The van der Waals surface area contributed by atoms with Gasteiger partial charge in [-0.25, -0.2) is 0 Å². The highest BCUT2D eigenvalue weighted by Gasteiger charge is 2.29. The third-order valence-electron chi connectivity index (χ3n) is 8.07. The van der Waals surface area contributed by atoms with Gasteiger partial charge in [0.15, 0.2) is 0 Å². The Hall–Kier alpha value is -0.780. The minimum Gasteiger partial charge on any atom is -0.0654 e. The van der Waals surface area contributed by atoms with Gasteiger partial charge in [-0.2, -0.15) is 0 Å². The highest BCUT2D eigenvalue weighted by molar-refractivity contribution is 5.25. The Morgan fingerprint density at radius 2 is 1.44 bits per heavy atom. The number of hydrogen-bond donors (Lipinski definition) is 0. The molecule has 0 aliphatic heterocycles. The molecule has 1 atom stereocenters. The van der Waals surface area contributed by atoms with E-state index < -0.39 is 0 Å². The van der Waals surface area contributed by atoms with Crippen LogP contribution in [0.4, 0.5) is 0 Å². The van der Waals surface area contributed by atoms with Crippen LogP contribution in [0.1, 0.15) is 115 Å². The van der Waals surface area contributed by atoms with E-state index in [9.17, 15) is 0 Å². The fourth-order valence-corrected chi connectivity index (χ4v) is 6.01. The predicted octanol–water partition coefficient (Wildman–Crippen LogP) is 8.55. The third kappa shape index (κ3) is 6.10. The number of unbranched alkanes of at least 4 members (excludes halogenated alkanes) is 1. The predicted molar refractivity (Wildman–Crippen MR) is 119 cm³/mol. The van der Waals surface area contributed by atoms with Crippen LogP contribution in [-0.2, 0) is 6.42 Å². The topological polar surface area (TPSA) is 0 Å². The zero-order chi connectivity index (χ0) is 19.1. The summed E-state index contributed by atoms with van der Waals surface area (Å²) in [6.45, 7) is 7.16. The van der Waals surface area contributed by atoms with Crippen LogP contribution in [0.5, 0.6) is 0 Å². The molecule has 0 N–H and O–H groups in total. The van der Waals surface area contributed by atoms with E-state index in [1.807, 2.05) is 0 Å². The van der Waals surface area contributed by atoms with Crippen molar-refractivity contribution < 1.29 is 0 Å². The van der Waals surface area contributed by atoms with Crippen molar-refractivity contribution in [3.63, 3.8) is 0 Å². The molecule has 152 valence electrons. The first kappa shape index (κ1) is 20.9. The fourth-order valence-electron chi connectivity index (χ4n) is 6.01. The van der Waals surface area contributed by atoms with Crippen molar-refractivity contribution in [2.45, 2.75) is 110 Å². The Balaban J connectivity index is 1.38. The number of rotatable bonds is 8. The molecule has 2 aliphatic rings. The van der Waals surface area contributed by atoms with Crippen LogP contribution in [0.3, 0.4) is 0 Å². The van der Waals surface area contributed by atoms with Gasteiger partial charge < -0.3 is 0 Å². The van der Waals surface area contributed by atoms with Gasteiger partial charge in [-0.1, -0.05) is 77.1 Å². The molecule has 0 nitrogen and oxygen atoms in total. The number of aryl methyl sites for hydroxylation is 1. The van der Waals surface area contributed by atoms with Crippen molar-refractivity contribution in [2.75, 3.05) is 0 Å². The monoisotopic (exact) mass is 368 g/mol. The normalized spacial score (nSPS) is 30.2. The van der Waals surface area contributed by atoms with Gasteiger partial charge in [-0.05, 0) is 92.1 Å². The lowest BCUT2D eigenvalue weighted by molar-refractivity contribution is 0.169. The van der Waals surface area contributed by atoms with Gasteiger partial charge in [0, 0.05) is 0 Å². The molecule has 1 aromatic carbocycles. The van der Waals surface area contributed by atoms with Crippen LogP contribution >= 0.6 is 0 Å². The smallest absolute Gasteiger partial charge is 0.0162 e. The standard InChI is InChI=1S/C27H44/c1-4-6-7-23-10-14-25(15-11-23)21(3)20-24-12-18-27(19-13-24)26-16-8-22(5-2)9-17-26/h8-9,16-17,21,23-25,27H,4-7,10-15,18-20H2,1-3H3. The van der Waals surface area contributed by atoms with Gasteiger partial charge in [-0.15, -0.1) is 0 Å². The minimum atomic E-state index is 0.830. The lowest BCUT2D eigenvalue weighted by Crippen LogP contribution is -2.23. The van der Waals surface area contributed by atoms with E-state index in [0.29, 0.717) is 0 Å². The average Bonchev–Trinajstić information content (AvgIpc) is 2.73. The molecule has 3 rings (SSSR count). The van der Waals surface area contributed by atoms with Crippen molar-refractivity contribution in [1.29, 1.82) is 0 Å². The summed E-state index contributed by atoms with van der Waals surface area (Å²) in [6.07, 6.45) is 18.9. The lowest BCUT2D eigenvalue weighted by atomic mass is 9.70. The van der Waals surface area contributed by atoms with E-state index in [1.165, 1.54) is 82.6 Å². The molecule has 2 fully saturated rings. The van der Waals surface area contributed by atoms with Gasteiger partial charge in [0.05, 0.1) is 0 Å². The SMILES string of the molecule is CCCCC1CCC(C(C)CC2CCC(c3ccc(CC)cc3)CC2)CC1. The summed E-state index contributed by atoms with van der Waals surface area (Å²) in [7, 11) is 0. The van der Waals surface area contributed by atoms with Crippen LogP contribution in [0.25, 0.3) is 0 Å². The summed E-state index contributed by atoms with van der Waals surface area (Å²) >= 11 is 0. The minimum absolute atomic E-state index is 0.830. The van der Waals surface area contributed by atoms with Gasteiger partial charge >= 0.3 is 0 Å². The van der Waals surface area contributed by atoms with E-state index in [4.69, 9.17) is 0 Å². The van der Waals surface area contributed by atoms with Crippen LogP contribution in [0.2, 0.25) is 0 Å². The van der Waals surface area contributed by atoms with Gasteiger partial charge in [0.25, 0.3) is 0 Å². The zero-order valence-corrected chi connectivity index (χ0v) is 18.4. The molecule has 1 aromatic rings. The van der Waals surface area contributed by atoms with E-state index >= 15 is 0 Å².